The van der Waals surface area contributed by atoms with Gasteiger partial charge in [0.2, 0.25) is 0 Å². The van der Waals surface area contributed by atoms with Crippen molar-refractivity contribution >= 4 is 22.3 Å². The lowest BCUT2D eigenvalue weighted by Gasteiger charge is -2.13. The van der Waals surface area contributed by atoms with Gasteiger partial charge in [-0.1, -0.05) is 18.2 Å². The topological polar surface area (TPSA) is 34.4 Å². The smallest absolute Gasteiger partial charge is 0.134 e. The van der Waals surface area contributed by atoms with E-state index in [-0.39, 0.29) is 6.04 Å². The van der Waals surface area contributed by atoms with E-state index in [1.807, 2.05) is 36.7 Å². The largest absolute Gasteiger partial charge is 0.496 e. The highest BCUT2D eigenvalue weighted by Gasteiger charge is 2.21. The molecular weight excluding hydrogens is 258 g/mol. The molecule has 2 aromatic heterocycles. The summed E-state index contributed by atoms with van der Waals surface area (Å²) in [7, 11) is 3.62. The average Bonchev–Trinajstić information content (AvgIpc) is 3.05. The normalized spacial score (nSPS) is 12.7. The van der Waals surface area contributed by atoms with E-state index in [2.05, 4.69) is 17.4 Å². The lowest BCUT2D eigenvalue weighted by molar-refractivity contribution is 0.403. The number of benzene rings is 1. The number of hydrogen-bond donors (Lipinski definition) is 1. The molecule has 19 heavy (non-hydrogen) atoms. The van der Waals surface area contributed by atoms with Gasteiger partial charge in [0, 0.05) is 5.39 Å². The molecular formula is C15H15NO2S. The second kappa shape index (κ2) is 5.07. The van der Waals surface area contributed by atoms with Gasteiger partial charge in [0.15, 0.2) is 0 Å². The van der Waals surface area contributed by atoms with Gasteiger partial charge in [-0.25, -0.2) is 0 Å². The third kappa shape index (κ3) is 2.13. The van der Waals surface area contributed by atoms with Crippen molar-refractivity contribution in [3.63, 3.8) is 0 Å². The van der Waals surface area contributed by atoms with Crippen molar-refractivity contribution in [1.82, 2.24) is 5.32 Å². The number of hydrogen-bond acceptors (Lipinski definition) is 4. The number of ether oxygens (including phenoxy) is 1. The van der Waals surface area contributed by atoms with Gasteiger partial charge in [-0.2, -0.15) is 0 Å². The molecule has 0 aliphatic rings. The maximum Gasteiger partial charge on any atom is 0.134 e. The van der Waals surface area contributed by atoms with Crippen molar-refractivity contribution in [3.8, 4) is 5.75 Å². The van der Waals surface area contributed by atoms with Gasteiger partial charge >= 0.3 is 0 Å². The summed E-state index contributed by atoms with van der Waals surface area (Å²) in [4.78, 5) is 1.13. The maximum atomic E-state index is 5.93. The van der Waals surface area contributed by atoms with E-state index >= 15 is 0 Å². The van der Waals surface area contributed by atoms with E-state index < -0.39 is 0 Å². The summed E-state index contributed by atoms with van der Waals surface area (Å²) in [6, 6.07) is 12.1. The molecule has 98 valence electrons. The lowest BCUT2D eigenvalue weighted by atomic mass is 10.1. The Morgan fingerprint density at radius 2 is 2.11 bits per heavy atom. The van der Waals surface area contributed by atoms with Gasteiger partial charge in [-0.05, 0) is 30.6 Å². The van der Waals surface area contributed by atoms with Gasteiger partial charge in [0.1, 0.15) is 23.1 Å². The maximum absolute atomic E-state index is 5.93. The summed E-state index contributed by atoms with van der Waals surface area (Å²) in [5.41, 5.74) is 0.910. The van der Waals surface area contributed by atoms with E-state index in [1.54, 1.807) is 18.4 Å². The zero-order valence-electron chi connectivity index (χ0n) is 10.8. The minimum Gasteiger partial charge on any atom is -0.496 e. The molecule has 4 heteroatoms. The van der Waals surface area contributed by atoms with Gasteiger partial charge < -0.3 is 14.5 Å². The summed E-state index contributed by atoms with van der Waals surface area (Å²) in [5.74, 6) is 1.80. The molecule has 1 N–H and O–H groups in total. The quantitative estimate of drug-likeness (QED) is 0.785. The number of thiophene rings is 1. The Hall–Kier alpha value is -1.78. The first-order valence-corrected chi connectivity index (χ1v) is 6.98. The minimum atomic E-state index is 0.0161. The van der Waals surface area contributed by atoms with Crippen molar-refractivity contribution in [2.75, 3.05) is 14.2 Å². The Balaban J connectivity index is 2.06. The molecule has 0 saturated carbocycles. The Labute approximate surface area is 115 Å². The second-order valence-electron chi connectivity index (χ2n) is 4.26. The first-order valence-electron chi connectivity index (χ1n) is 6.10. The first-order chi connectivity index (χ1) is 9.33. The van der Waals surface area contributed by atoms with E-state index in [1.165, 1.54) is 0 Å². The monoisotopic (exact) mass is 273 g/mol. The molecule has 0 spiro atoms. The van der Waals surface area contributed by atoms with Crippen LogP contribution in [0.15, 0.2) is 46.2 Å². The summed E-state index contributed by atoms with van der Waals surface area (Å²) in [6.45, 7) is 0. The van der Waals surface area contributed by atoms with Gasteiger partial charge in [0.25, 0.3) is 0 Å². The fourth-order valence-electron chi connectivity index (χ4n) is 2.24. The van der Waals surface area contributed by atoms with Crippen molar-refractivity contribution < 1.29 is 9.15 Å². The van der Waals surface area contributed by atoms with Crippen LogP contribution in [0.25, 0.3) is 11.0 Å². The Bertz CT molecular complexity index is 653. The van der Waals surface area contributed by atoms with Crippen LogP contribution < -0.4 is 10.1 Å². The predicted octanol–water partition coefficient (Wildman–Crippen LogP) is 3.81. The molecule has 0 bridgehead atoms. The molecule has 0 amide bonds. The third-order valence-corrected chi connectivity index (χ3v) is 4.12. The van der Waals surface area contributed by atoms with Gasteiger partial charge in [-0.15, -0.1) is 11.3 Å². The standard InChI is InChI=1S/C15H15NO2S/c1-16-14(15-12(17-2)7-8-19-15)13-9-10-5-3-4-6-11(10)18-13/h3-9,14,16H,1-2H3. The molecule has 3 rings (SSSR count). The first kappa shape index (κ1) is 12.3. The van der Waals surface area contributed by atoms with Crippen LogP contribution in [0.5, 0.6) is 5.75 Å². The number of furan rings is 1. The number of para-hydroxylation sites is 1. The van der Waals surface area contributed by atoms with Crippen LogP contribution >= 0.6 is 11.3 Å². The van der Waals surface area contributed by atoms with E-state index in [9.17, 15) is 0 Å². The van der Waals surface area contributed by atoms with Gasteiger partial charge in [0.05, 0.1) is 12.0 Å². The zero-order chi connectivity index (χ0) is 13.2. The second-order valence-corrected chi connectivity index (χ2v) is 5.21. The lowest BCUT2D eigenvalue weighted by Crippen LogP contribution is -2.16. The fraction of sp³-hybridized carbons (Fsp3) is 0.200. The Kier molecular flexibility index (Phi) is 3.27. The van der Waals surface area contributed by atoms with Crippen molar-refractivity contribution in [2.45, 2.75) is 6.04 Å². The van der Waals surface area contributed by atoms with Crippen molar-refractivity contribution in [2.24, 2.45) is 0 Å². The predicted molar refractivity (Wildman–Crippen MR) is 78.0 cm³/mol. The zero-order valence-corrected chi connectivity index (χ0v) is 11.7. The van der Waals surface area contributed by atoms with Crippen LogP contribution in [0.2, 0.25) is 0 Å². The van der Waals surface area contributed by atoms with Crippen LogP contribution in [-0.2, 0) is 0 Å². The molecule has 0 radical (unpaired) electrons. The molecule has 0 fully saturated rings. The molecule has 1 unspecified atom stereocenters. The average molecular weight is 273 g/mol. The van der Waals surface area contributed by atoms with Crippen molar-refractivity contribution in [3.05, 3.63) is 52.4 Å². The van der Waals surface area contributed by atoms with Crippen molar-refractivity contribution in [1.29, 1.82) is 0 Å². The van der Waals surface area contributed by atoms with E-state index in [4.69, 9.17) is 9.15 Å². The van der Waals surface area contributed by atoms with Crippen LogP contribution in [0.3, 0.4) is 0 Å². The number of rotatable bonds is 4. The molecule has 1 atom stereocenters. The highest BCUT2D eigenvalue weighted by Crippen LogP contribution is 2.36. The highest BCUT2D eigenvalue weighted by atomic mass is 32.1. The Morgan fingerprint density at radius 3 is 2.84 bits per heavy atom. The molecule has 3 aromatic rings. The molecule has 3 nitrogen and oxygen atoms in total. The SMILES string of the molecule is CNC(c1cc2ccccc2o1)c1sccc1OC. The van der Waals surface area contributed by atoms with Crippen LogP contribution in [-0.4, -0.2) is 14.2 Å². The summed E-state index contributed by atoms with van der Waals surface area (Å²) in [5, 5.41) is 6.44. The van der Waals surface area contributed by atoms with Crippen LogP contribution in [0, 0.1) is 0 Å². The Morgan fingerprint density at radius 1 is 1.26 bits per heavy atom. The van der Waals surface area contributed by atoms with Crippen LogP contribution in [0.1, 0.15) is 16.7 Å². The molecule has 2 heterocycles. The van der Waals surface area contributed by atoms with Gasteiger partial charge in [-0.3, -0.25) is 0 Å². The van der Waals surface area contributed by atoms with Crippen LogP contribution in [0.4, 0.5) is 0 Å². The molecule has 0 aliphatic heterocycles. The number of fused-ring (bicyclic) bond motifs is 1. The number of methoxy groups -OCH3 is 1. The summed E-state index contributed by atoms with van der Waals surface area (Å²) in [6.07, 6.45) is 0. The number of nitrogens with one attached hydrogen (secondary N) is 1. The highest BCUT2D eigenvalue weighted by molar-refractivity contribution is 7.10. The molecule has 0 saturated heterocycles. The summed E-state index contributed by atoms with van der Waals surface area (Å²) < 4.78 is 11.3. The third-order valence-electron chi connectivity index (χ3n) is 3.16. The molecule has 1 aromatic carbocycles. The summed E-state index contributed by atoms with van der Waals surface area (Å²) >= 11 is 1.66. The van der Waals surface area contributed by atoms with E-state index in [0.717, 1.165) is 27.4 Å². The minimum absolute atomic E-state index is 0.0161. The fourth-order valence-corrected chi connectivity index (χ4v) is 3.21. The molecule has 0 aliphatic carbocycles. The van der Waals surface area contributed by atoms with E-state index in [0.29, 0.717) is 0 Å².